The summed E-state index contributed by atoms with van der Waals surface area (Å²) in [5.74, 6) is 0. The monoisotopic (exact) mass is 282 g/mol. The van der Waals surface area contributed by atoms with Gasteiger partial charge in [-0.2, -0.15) is 0 Å². The van der Waals surface area contributed by atoms with E-state index >= 15 is 0 Å². The molecule has 0 spiro atoms. The van der Waals surface area contributed by atoms with Crippen LogP contribution < -0.4 is 11.3 Å². The zero-order valence-corrected chi connectivity index (χ0v) is 12.7. The summed E-state index contributed by atoms with van der Waals surface area (Å²) in [6.07, 6.45) is 3.02. The second kappa shape index (κ2) is 5.49. The average Bonchev–Trinajstić information content (AvgIpc) is 2.41. The van der Waals surface area contributed by atoms with Crippen LogP contribution in [-0.4, -0.2) is 4.57 Å². The highest BCUT2D eigenvalue weighted by molar-refractivity contribution is 5.31. The van der Waals surface area contributed by atoms with Crippen molar-refractivity contribution >= 4 is 0 Å². The molecule has 21 heavy (non-hydrogen) atoms. The first-order valence-corrected chi connectivity index (χ1v) is 7.60. The van der Waals surface area contributed by atoms with Crippen LogP contribution >= 0.6 is 0 Å². The summed E-state index contributed by atoms with van der Waals surface area (Å²) in [7, 11) is 0. The van der Waals surface area contributed by atoms with Crippen LogP contribution in [0.15, 0.2) is 35.1 Å². The third kappa shape index (κ3) is 2.79. The van der Waals surface area contributed by atoms with Gasteiger partial charge in [-0.05, 0) is 44.2 Å². The smallest absolute Gasteiger partial charge is 0.251 e. The van der Waals surface area contributed by atoms with Gasteiger partial charge in [0.25, 0.3) is 5.56 Å². The van der Waals surface area contributed by atoms with Crippen LogP contribution in [0.25, 0.3) is 0 Å². The molecule has 1 atom stereocenters. The Morgan fingerprint density at radius 1 is 1.19 bits per heavy atom. The van der Waals surface area contributed by atoms with Crippen LogP contribution in [0.4, 0.5) is 0 Å². The number of pyridine rings is 1. The van der Waals surface area contributed by atoms with E-state index in [2.05, 4.69) is 32.0 Å². The second-order valence-corrected chi connectivity index (χ2v) is 6.15. The van der Waals surface area contributed by atoms with Gasteiger partial charge in [0.15, 0.2) is 0 Å². The molecule has 3 nitrogen and oxygen atoms in total. The third-order valence-electron chi connectivity index (χ3n) is 4.28. The zero-order chi connectivity index (χ0) is 15.0. The van der Waals surface area contributed by atoms with Crippen molar-refractivity contribution in [1.82, 2.24) is 4.57 Å². The Hall–Kier alpha value is -1.87. The predicted molar refractivity (Wildman–Crippen MR) is 85.6 cm³/mol. The fraction of sp³-hybridized carbons (Fsp3) is 0.389. The molecule has 1 unspecified atom stereocenters. The molecule has 1 aliphatic carbocycles. The van der Waals surface area contributed by atoms with E-state index in [1.807, 2.05) is 10.6 Å². The van der Waals surface area contributed by atoms with Gasteiger partial charge in [0.05, 0.1) is 6.54 Å². The molecule has 1 aliphatic rings. The maximum absolute atomic E-state index is 12.3. The minimum atomic E-state index is 0.0693. The number of nitrogens with zero attached hydrogens (tertiary/aromatic N) is 1. The lowest BCUT2D eigenvalue weighted by Crippen LogP contribution is -2.29. The molecule has 2 N–H and O–H groups in total. The molecule has 0 saturated heterocycles. The number of nitrogens with two attached hydrogens (primary N) is 1. The summed E-state index contributed by atoms with van der Waals surface area (Å²) in [6, 6.07) is 10.1. The number of hydrogen-bond acceptors (Lipinski definition) is 2. The molecule has 2 aromatic rings. The van der Waals surface area contributed by atoms with E-state index in [1.54, 1.807) is 6.07 Å². The first kappa shape index (κ1) is 14.1. The summed E-state index contributed by atoms with van der Waals surface area (Å²) in [4.78, 5) is 12.3. The van der Waals surface area contributed by atoms with Crippen molar-refractivity contribution in [1.29, 1.82) is 0 Å². The van der Waals surface area contributed by atoms with Crippen LogP contribution in [0.2, 0.25) is 0 Å². The second-order valence-electron chi connectivity index (χ2n) is 6.15. The van der Waals surface area contributed by atoms with Gasteiger partial charge >= 0.3 is 0 Å². The molecular weight excluding hydrogens is 260 g/mol. The van der Waals surface area contributed by atoms with Crippen molar-refractivity contribution in [3.8, 4) is 0 Å². The van der Waals surface area contributed by atoms with Crippen LogP contribution in [0.5, 0.6) is 0 Å². The number of aromatic nitrogens is 1. The highest BCUT2D eigenvalue weighted by atomic mass is 16.1. The molecule has 0 bridgehead atoms. The molecule has 0 saturated carbocycles. The first-order chi connectivity index (χ1) is 10.0. The molecule has 1 aromatic carbocycles. The van der Waals surface area contributed by atoms with E-state index in [0.29, 0.717) is 6.54 Å². The van der Waals surface area contributed by atoms with Crippen molar-refractivity contribution in [3.05, 3.63) is 68.6 Å². The number of aryl methyl sites for hydroxylation is 2. The molecule has 110 valence electrons. The van der Waals surface area contributed by atoms with Crippen molar-refractivity contribution in [2.75, 3.05) is 0 Å². The third-order valence-corrected chi connectivity index (χ3v) is 4.28. The van der Waals surface area contributed by atoms with Gasteiger partial charge in [-0.1, -0.05) is 35.4 Å². The highest BCUT2D eigenvalue weighted by Gasteiger charge is 2.20. The van der Waals surface area contributed by atoms with Crippen LogP contribution in [-0.2, 0) is 13.0 Å². The van der Waals surface area contributed by atoms with E-state index in [-0.39, 0.29) is 11.6 Å². The molecular formula is C18H22N2O. The molecule has 0 amide bonds. The van der Waals surface area contributed by atoms with Crippen molar-refractivity contribution < 1.29 is 0 Å². The molecule has 1 heterocycles. The highest BCUT2D eigenvalue weighted by Crippen LogP contribution is 2.27. The quantitative estimate of drug-likeness (QED) is 0.920. The van der Waals surface area contributed by atoms with Crippen LogP contribution in [0, 0.1) is 13.8 Å². The molecule has 1 aromatic heterocycles. The lowest BCUT2D eigenvalue weighted by molar-refractivity contribution is 0.529. The maximum atomic E-state index is 12.3. The maximum Gasteiger partial charge on any atom is 0.251 e. The summed E-state index contributed by atoms with van der Waals surface area (Å²) in [5, 5.41) is 0. The summed E-state index contributed by atoms with van der Waals surface area (Å²) in [6.45, 7) is 4.82. The fourth-order valence-electron chi connectivity index (χ4n) is 3.41. The number of hydrogen-bond donors (Lipinski definition) is 1. The topological polar surface area (TPSA) is 48.0 Å². The number of benzene rings is 1. The van der Waals surface area contributed by atoms with Gasteiger partial charge in [-0.25, -0.2) is 0 Å². The van der Waals surface area contributed by atoms with Crippen molar-refractivity contribution in [2.45, 2.75) is 45.7 Å². The predicted octanol–water partition coefficient (Wildman–Crippen LogP) is 2.85. The fourth-order valence-corrected chi connectivity index (χ4v) is 3.41. The standard InChI is InChI=1S/C18H22N2O/c1-12-8-13(2)10-14(9-12)11-20-17-5-3-4-16(19)15(17)6-7-18(20)21/h6-10,16H,3-5,11,19H2,1-2H3. The first-order valence-electron chi connectivity index (χ1n) is 7.60. The minimum Gasteiger partial charge on any atom is -0.324 e. The normalized spacial score (nSPS) is 17.6. The number of rotatable bonds is 2. The van der Waals surface area contributed by atoms with E-state index < -0.39 is 0 Å². The lowest BCUT2D eigenvalue weighted by Gasteiger charge is -2.25. The minimum absolute atomic E-state index is 0.0693. The SMILES string of the molecule is Cc1cc(C)cc(Cn2c3c(ccc2=O)C(N)CCC3)c1. The zero-order valence-electron chi connectivity index (χ0n) is 12.7. The van der Waals surface area contributed by atoms with Crippen molar-refractivity contribution in [2.24, 2.45) is 5.73 Å². The number of fused-ring (bicyclic) bond motifs is 1. The Kier molecular flexibility index (Phi) is 3.68. The Morgan fingerprint density at radius 2 is 1.90 bits per heavy atom. The van der Waals surface area contributed by atoms with Crippen LogP contribution in [0.3, 0.4) is 0 Å². The Balaban J connectivity index is 2.06. The molecule has 0 radical (unpaired) electrons. The van der Waals surface area contributed by atoms with Gasteiger partial charge in [0.1, 0.15) is 0 Å². The van der Waals surface area contributed by atoms with E-state index in [0.717, 1.165) is 30.5 Å². The van der Waals surface area contributed by atoms with Crippen molar-refractivity contribution in [3.63, 3.8) is 0 Å². The average molecular weight is 282 g/mol. The van der Waals surface area contributed by atoms with Gasteiger partial charge in [-0.3, -0.25) is 4.79 Å². The molecule has 3 rings (SSSR count). The van der Waals surface area contributed by atoms with Crippen LogP contribution in [0.1, 0.15) is 46.8 Å². The summed E-state index contributed by atoms with van der Waals surface area (Å²) < 4.78 is 1.91. The van der Waals surface area contributed by atoms with E-state index in [9.17, 15) is 4.79 Å². The largest absolute Gasteiger partial charge is 0.324 e. The molecule has 0 fully saturated rings. The summed E-state index contributed by atoms with van der Waals surface area (Å²) >= 11 is 0. The van der Waals surface area contributed by atoms with Gasteiger partial charge in [0, 0.05) is 17.8 Å². The molecule has 3 heteroatoms. The van der Waals surface area contributed by atoms with E-state index in [1.165, 1.54) is 16.7 Å². The Morgan fingerprint density at radius 3 is 2.62 bits per heavy atom. The Bertz CT molecular complexity index is 710. The van der Waals surface area contributed by atoms with E-state index in [4.69, 9.17) is 5.73 Å². The van der Waals surface area contributed by atoms with Gasteiger partial charge in [0.2, 0.25) is 0 Å². The Labute approximate surface area is 125 Å². The summed E-state index contributed by atoms with van der Waals surface area (Å²) in [5.41, 5.74) is 12.2. The van der Waals surface area contributed by atoms with Gasteiger partial charge < -0.3 is 10.3 Å². The lowest BCUT2D eigenvalue weighted by atomic mass is 9.91. The molecule has 0 aliphatic heterocycles. The van der Waals surface area contributed by atoms with Gasteiger partial charge in [-0.15, -0.1) is 0 Å².